The normalized spacial score (nSPS) is 28.7. The van der Waals surface area contributed by atoms with Gasteiger partial charge < -0.3 is 53.6 Å². The van der Waals surface area contributed by atoms with Crippen LogP contribution in [0.5, 0.6) is 0 Å². The Morgan fingerprint density at radius 2 is 1.17 bits per heavy atom. The molecule has 2 rings (SSSR count). The molecule has 2 saturated heterocycles. The molecule has 0 bridgehead atoms. The fraction of sp³-hybridized carbons (Fsp3) is 0.895. The summed E-state index contributed by atoms with van der Waals surface area (Å²) in [6.07, 6.45) is -3.70. The van der Waals surface area contributed by atoms with Crippen LogP contribution in [0.25, 0.3) is 0 Å². The molecule has 15 heteroatoms. The van der Waals surface area contributed by atoms with Crippen molar-refractivity contribution in [3.05, 3.63) is 0 Å². The first-order valence-corrected chi connectivity index (χ1v) is 19.4. The van der Waals surface area contributed by atoms with Gasteiger partial charge in [0, 0.05) is 19.3 Å². The number of hydrogen-bond acceptors (Lipinski definition) is 15. The SMILES string of the molecule is CCCCCCCCCCCC(=O)O[C@H]1[C@@H](O[C@]2(CO)O[C@H](CO)[C@@H](O)[C@@H]2OC(=O)C(C)C)O[C@H](CO)[C@@H](OC(=O)CC(C)C)[C@@H]1OC(=O)CC(C)C. The van der Waals surface area contributed by atoms with E-state index in [1.54, 1.807) is 41.5 Å². The Morgan fingerprint density at radius 1 is 0.660 bits per heavy atom. The van der Waals surface area contributed by atoms with Crippen LogP contribution in [0.4, 0.5) is 0 Å². The highest BCUT2D eigenvalue weighted by atomic mass is 16.8. The largest absolute Gasteiger partial charge is 0.455 e. The maximum atomic E-state index is 13.5. The van der Waals surface area contributed by atoms with Gasteiger partial charge in [0.25, 0.3) is 0 Å². The molecule has 15 nitrogen and oxygen atoms in total. The van der Waals surface area contributed by atoms with Crippen LogP contribution in [0.2, 0.25) is 0 Å². The number of carbonyl (C=O) groups is 4. The van der Waals surface area contributed by atoms with Crippen molar-refractivity contribution in [3.63, 3.8) is 0 Å². The second-order valence-electron chi connectivity index (χ2n) is 15.3. The third kappa shape index (κ3) is 14.6. The van der Waals surface area contributed by atoms with Gasteiger partial charge in [-0.3, -0.25) is 19.2 Å². The zero-order chi connectivity index (χ0) is 39.7. The lowest BCUT2D eigenvalue weighted by molar-refractivity contribution is -0.384. The van der Waals surface area contributed by atoms with Crippen molar-refractivity contribution in [2.75, 3.05) is 19.8 Å². The maximum absolute atomic E-state index is 13.5. The summed E-state index contributed by atoms with van der Waals surface area (Å²) in [6, 6.07) is 0. The van der Waals surface area contributed by atoms with Crippen molar-refractivity contribution in [1.82, 2.24) is 0 Å². The summed E-state index contributed by atoms with van der Waals surface area (Å²) in [5.74, 6) is -6.21. The van der Waals surface area contributed by atoms with Crippen molar-refractivity contribution in [2.45, 2.75) is 180 Å². The lowest BCUT2D eigenvalue weighted by Crippen LogP contribution is -2.65. The number of esters is 4. The summed E-state index contributed by atoms with van der Waals surface area (Å²) in [5, 5.41) is 42.2. The van der Waals surface area contributed by atoms with Crippen molar-refractivity contribution in [1.29, 1.82) is 0 Å². The van der Waals surface area contributed by atoms with E-state index in [0.717, 1.165) is 25.7 Å². The summed E-state index contributed by atoms with van der Waals surface area (Å²) >= 11 is 0. The number of carbonyl (C=O) groups excluding carboxylic acids is 4. The Bertz CT molecular complexity index is 1110. The highest BCUT2D eigenvalue weighted by molar-refractivity contribution is 5.72. The van der Waals surface area contributed by atoms with Crippen LogP contribution in [-0.4, -0.2) is 119 Å². The van der Waals surface area contributed by atoms with E-state index in [1.807, 2.05) is 0 Å². The number of aliphatic hydroxyl groups excluding tert-OH is 4. The van der Waals surface area contributed by atoms with Gasteiger partial charge in [0.1, 0.15) is 24.9 Å². The molecule has 4 N–H and O–H groups in total. The summed E-state index contributed by atoms with van der Waals surface area (Å²) in [5.41, 5.74) is 0. The van der Waals surface area contributed by atoms with E-state index in [4.69, 9.17) is 33.2 Å². The van der Waals surface area contributed by atoms with Gasteiger partial charge >= 0.3 is 23.9 Å². The minimum Gasteiger partial charge on any atom is -0.455 e. The van der Waals surface area contributed by atoms with E-state index >= 15 is 0 Å². The molecule has 0 radical (unpaired) electrons. The van der Waals surface area contributed by atoms with Crippen LogP contribution >= 0.6 is 0 Å². The maximum Gasteiger partial charge on any atom is 0.308 e. The Morgan fingerprint density at radius 3 is 1.66 bits per heavy atom. The molecule has 0 amide bonds. The highest BCUT2D eigenvalue weighted by Gasteiger charge is 2.62. The molecular weight excluding hydrogens is 696 g/mol. The lowest BCUT2D eigenvalue weighted by Gasteiger charge is -2.46. The van der Waals surface area contributed by atoms with Gasteiger partial charge in [0.15, 0.2) is 24.4 Å². The van der Waals surface area contributed by atoms with Crippen LogP contribution in [-0.2, 0) is 52.3 Å². The molecular formula is C38H66O15. The summed E-state index contributed by atoms with van der Waals surface area (Å²) in [4.78, 5) is 52.4. The van der Waals surface area contributed by atoms with Crippen LogP contribution in [0.1, 0.15) is 126 Å². The van der Waals surface area contributed by atoms with Crippen molar-refractivity contribution < 1.29 is 72.8 Å². The van der Waals surface area contributed by atoms with Crippen LogP contribution in [0.15, 0.2) is 0 Å². The first-order chi connectivity index (χ1) is 25.1. The number of rotatable bonds is 24. The second kappa shape index (κ2) is 23.5. The Kier molecular flexibility index (Phi) is 20.7. The first-order valence-electron chi connectivity index (χ1n) is 19.4. The quantitative estimate of drug-likeness (QED) is 0.0630. The lowest BCUT2D eigenvalue weighted by atomic mass is 9.97. The minimum absolute atomic E-state index is 0.0188. The summed E-state index contributed by atoms with van der Waals surface area (Å²) < 4.78 is 41.1. The fourth-order valence-corrected chi connectivity index (χ4v) is 6.25. The van der Waals surface area contributed by atoms with Gasteiger partial charge in [-0.1, -0.05) is 99.8 Å². The summed E-state index contributed by atoms with van der Waals surface area (Å²) in [7, 11) is 0. The predicted octanol–water partition coefficient (Wildman–Crippen LogP) is 3.48. The van der Waals surface area contributed by atoms with Crippen molar-refractivity contribution in [2.24, 2.45) is 17.8 Å². The molecule has 2 aliphatic heterocycles. The van der Waals surface area contributed by atoms with E-state index in [0.29, 0.717) is 6.42 Å². The zero-order valence-corrected chi connectivity index (χ0v) is 32.7. The molecule has 0 unspecified atom stereocenters. The Balaban J connectivity index is 2.50. The molecule has 0 aromatic rings. The molecule has 2 heterocycles. The van der Waals surface area contributed by atoms with E-state index in [2.05, 4.69) is 6.92 Å². The van der Waals surface area contributed by atoms with Gasteiger partial charge in [-0.05, 0) is 18.3 Å². The van der Waals surface area contributed by atoms with E-state index in [1.165, 1.54) is 25.7 Å². The monoisotopic (exact) mass is 762 g/mol. The molecule has 53 heavy (non-hydrogen) atoms. The van der Waals surface area contributed by atoms with Crippen molar-refractivity contribution in [3.8, 4) is 0 Å². The Hall–Kier alpha value is -2.40. The topological polar surface area (TPSA) is 214 Å². The molecule has 9 atom stereocenters. The van der Waals surface area contributed by atoms with E-state index in [9.17, 15) is 39.6 Å². The summed E-state index contributed by atoms with van der Waals surface area (Å²) in [6.45, 7) is 9.86. The average Bonchev–Trinajstić information content (AvgIpc) is 3.35. The molecule has 0 saturated carbocycles. The molecule has 308 valence electrons. The molecule has 0 aliphatic carbocycles. The molecule has 2 aliphatic rings. The molecule has 0 aromatic carbocycles. The minimum atomic E-state index is -2.39. The number of aliphatic hydroxyl groups is 4. The van der Waals surface area contributed by atoms with Crippen LogP contribution < -0.4 is 0 Å². The van der Waals surface area contributed by atoms with Gasteiger partial charge in [-0.25, -0.2) is 0 Å². The Labute approximate surface area is 314 Å². The second-order valence-corrected chi connectivity index (χ2v) is 15.3. The fourth-order valence-electron chi connectivity index (χ4n) is 6.25. The average molecular weight is 763 g/mol. The third-order valence-electron chi connectivity index (χ3n) is 9.11. The van der Waals surface area contributed by atoms with Crippen molar-refractivity contribution >= 4 is 23.9 Å². The molecule has 0 aromatic heterocycles. The number of ether oxygens (including phenoxy) is 7. The van der Waals surface area contributed by atoms with Gasteiger partial charge in [-0.2, -0.15) is 0 Å². The smallest absolute Gasteiger partial charge is 0.308 e. The van der Waals surface area contributed by atoms with Crippen LogP contribution in [0.3, 0.4) is 0 Å². The zero-order valence-electron chi connectivity index (χ0n) is 32.7. The van der Waals surface area contributed by atoms with Crippen LogP contribution in [0, 0.1) is 17.8 Å². The van der Waals surface area contributed by atoms with Gasteiger partial charge in [0.05, 0.1) is 19.1 Å². The standard InChI is InChI=1S/C38H66O15/c1-8-9-10-11-12-13-14-15-16-17-28(42)48-34-33(50-30(44)19-24(4)5)32(49-29(43)18-23(2)3)27(21-40)47-37(34)53-38(22-41)35(51-36(46)25(6)7)31(45)26(20-39)52-38/h23-27,31-35,37,39-41,45H,8-22H2,1-7H3/t26-,27-,31-,32-,33+,34-,35+,37-,38+/m1/s1. The van der Waals surface area contributed by atoms with Gasteiger partial charge in [0.2, 0.25) is 12.1 Å². The molecule has 0 spiro atoms. The number of hydrogen-bond donors (Lipinski definition) is 4. The van der Waals surface area contributed by atoms with E-state index < -0.39 is 104 Å². The van der Waals surface area contributed by atoms with Gasteiger partial charge in [-0.15, -0.1) is 0 Å². The third-order valence-corrected chi connectivity index (χ3v) is 9.11. The first kappa shape index (κ1) is 46.8. The predicted molar refractivity (Wildman–Crippen MR) is 190 cm³/mol. The molecule has 2 fully saturated rings. The number of unbranched alkanes of at least 4 members (excludes halogenated alkanes) is 8. The van der Waals surface area contributed by atoms with E-state index in [-0.39, 0.29) is 31.1 Å². The highest BCUT2D eigenvalue weighted by Crippen LogP contribution is 2.40.